The molecule has 0 saturated heterocycles. The van der Waals surface area contributed by atoms with Crippen LogP contribution in [-0.4, -0.2) is 31.2 Å². The molecule has 1 heterocycles. The van der Waals surface area contributed by atoms with E-state index in [9.17, 15) is 4.79 Å². The van der Waals surface area contributed by atoms with Crippen LogP contribution in [0, 0.1) is 0 Å². The molecule has 1 N–H and O–H groups in total. The van der Waals surface area contributed by atoms with E-state index in [0.717, 1.165) is 0 Å². The van der Waals surface area contributed by atoms with E-state index in [4.69, 9.17) is 32.7 Å². The minimum Gasteiger partial charge on any atom is -0.487 e. The number of carbonyl (C=O) groups excluding carboxylic acids is 1. The van der Waals surface area contributed by atoms with Crippen molar-refractivity contribution in [3.8, 4) is 5.75 Å². The summed E-state index contributed by atoms with van der Waals surface area (Å²) in [7, 11) is 1.57. The van der Waals surface area contributed by atoms with Crippen molar-refractivity contribution >= 4 is 34.8 Å². The molecule has 0 atom stereocenters. The maximum atomic E-state index is 12.2. The Kier molecular flexibility index (Phi) is 6.00. The van der Waals surface area contributed by atoms with Gasteiger partial charge in [-0.3, -0.25) is 9.78 Å². The number of hydrogen-bond donors (Lipinski definition) is 1. The number of aromatic nitrogens is 1. The summed E-state index contributed by atoms with van der Waals surface area (Å²) >= 11 is 12.0. The van der Waals surface area contributed by atoms with E-state index in [0.29, 0.717) is 34.7 Å². The smallest absolute Gasteiger partial charge is 0.274 e. The molecule has 116 valence electrons. The highest BCUT2D eigenvalue weighted by molar-refractivity contribution is 6.32. The molecule has 0 saturated carbocycles. The van der Waals surface area contributed by atoms with Gasteiger partial charge in [0.15, 0.2) is 5.75 Å². The van der Waals surface area contributed by atoms with Crippen LogP contribution in [0.4, 0.5) is 5.69 Å². The largest absolute Gasteiger partial charge is 0.487 e. The topological polar surface area (TPSA) is 60.5 Å². The number of ether oxygens (including phenoxy) is 2. The van der Waals surface area contributed by atoms with E-state index in [1.54, 1.807) is 31.4 Å². The predicted molar refractivity (Wildman–Crippen MR) is 86.0 cm³/mol. The van der Waals surface area contributed by atoms with Crippen molar-refractivity contribution in [2.45, 2.75) is 0 Å². The van der Waals surface area contributed by atoms with Gasteiger partial charge >= 0.3 is 0 Å². The van der Waals surface area contributed by atoms with Crippen LogP contribution in [0.3, 0.4) is 0 Å². The van der Waals surface area contributed by atoms with Gasteiger partial charge in [0, 0.05) is 18.3 Å². The summed E-state index contributed by atoms with van der Waals surface area (Å²) in [5.41, 5.74) is 0.658. The number of nitrogens with zero attached hydrogens (tertiary/aromatic N) is 1. The Balaban J connectivity index is 2.18. The quantitative estimate of drug-likeness (QED) is 0.815. The fraction of sp³-hybridized carbons (Fsp3) is 0.200. The summed E-state index contributed by atoms with van der Waals surface area (Å²) < 4.78 is 10.5. The second kappa shape index (κ2) is 7.98. The van der Waals surface area contributed by atoms with E-state index >= 15 is 0 Å². The summed E-state index contributed by atoms with van der Waals surface area (Å²) in [6, 6.07) is 8.16. The van der Waals surface area contributed by atoms with Crippen molar-refractivity contribution in [2.24, 2.45) is 0 Å². The second-order valence-corrected chi connectivity index (χ2v) is 5.11. The van der Waals surface area contributed by atoms with Crippen molar-refractivity contribution in [1.82, 2.24) is 4.98 Å². The normalized spacial score (nSPS) is 10.3. The standard InChI is InChI=1S/C15H14Cl2N2O3/c1-21-7-8-22-14-11(17)3-2-4-12(14)19-15(20)13-9-10(16)5-6-18-13/h2-6,9H,7-8H2,1H3,(H,19,20). The van der Waals surface area contributed by atoms with Gasteiger partial charge < -0.3 is 14.8 Å². The molecule has 22 heavy (non-hydrogen) atoms. The predicted octanol–water partition coefficient (Wildman–Crippen LogP) is 3.67. The van der Waals surface area contributed by atoms with Crippen LogP contribution >= 0.6 is 23.2 Å². The molecule has 0 bridgehead atoms. The Hall–Kier alpha value is -1.82. The lowest BCUT2D eigenvalue weighted by atomic mass is 10.2. The van der Waals surface area contributed by atoms with Gasteiger partial charge in [0.25, 0.3) is 5.91 Å². The average molecular weight is 341 g/mol. The molecule has 7 heteroatoms. The Labute approximate surface area is 138 Å². The molecule has 0 aliphatic carbocycles. The summed E-state index contributed by atoms with van der Waals surface area (Å²) in [5, 5.41) is 3.54. The van der Waals surface area contributed by atoms with Crippen molar-refractivity contribution < 1.29 is 14.3 Å². The number of amides is 1. The van der Waals surface area contributed by atoms with Gasteiger partial charge in [-0.05, 0) is 24.3 Å². The first-order valence-electron chi connectivity index (χ1n) is 6.45. The van der Waals surface area contributed by atoms with E-state index in [1.165, 1.54) is 12.3 Å². The van der Waals surface area contributed by atoms with E-state index in [2.05, 4.69) is 10.3 Å². The molecule has 0 aliphatic rings. The molecule has 0 unspecified atom stereocenters. The molecule has 1 amide bonds. The number of hydrogen-bond acceptors (Lipinski definition) is 4. The number of methoxy groups -OCH3 is 1. The van der Waals surface area contributed by atoms with E-state index < -0.39 is 5.91 Å². The zero-order chi connectivity index (χ0) is 15.9. The van der Waals surface area contributed by atoms with Crippen molar-refractivity contribution in [3.05, 3.63) is 52.3 Å². The highest BCUT2D eigenvalue weighted by atomic mass is 35.5. The Morgan fingerprint density at radius 3 is 2.82 bits per heavy atom. The molecule has 0 spiro atoms. The lowest BCUT2D eigenvalue weighted by Gasteiger charge is -2.13. The lowest BCUT2D eigenvalue weighted by Crippen LogP contribution is -2.15. The average Bonchev–Trinajstić information content (AvgIpc) is 2.50. The van der Waals surface area contributed by atoms with E-state index in [1.807, 2.05) is 0 Å². The molecular weight excluding hydrogens is 327 g/mol. The van der Waals surface area contributed by atoms with Gasteiger partial charge in [-0.25, -0.2) is 0 Å². The SMILES string of the molecule is COCCOc1c(Cl)cccc1NC(=O)c1cc(Cl)ccn1. The zero-order valence-corrected chi connectivity index (χ0v) is 13.3. The Morgan fingerprint density at radius 2 is 2.09 bits per heavy atom. The van der Waals surface area contributed by atoms with Crippen LogP contribution in [0.5, 0.6) is 5.75 Å². The number of benzene rings is 1. The molecule has 0 fully saturated rings. The monoisotopic (exact) mass is 340 g/mol. The molecule has 2 aromatic rings. The minimum absolute atomic E-state index is 0.204. The van der Waals surface area contributed by atoms with Crippen LogP contribution < -0.4 is 10.1 Å². The molecule has 1 aromatic carbocycles. The Bertz CT molecular complexity index is 665. The number of pyridine rings is 1. The van der Waals surface area contributed by atoms with Crippen LogP contribution in [-0.2, 0) is 4.74 Å². The van der Waals surface area contributed by atoms with E-state index in [-0.39, 0.29) is 5.69 Å². The van der Waals surface area contributed by atoms with Gasteiger partial charge in [-0.1, -0.05) is 29.3 Å². The first kappa shape index (κ1) is 16.5. The molecule has 5 nitrogen and oxygen atoms in total. The molecule has 0 aliphatic heterocycles. The van der Waals surface area contributed by atoms with Gasteiger partial charge in [-0.2, -0.15) is 0 Å². The molecular formula is C15H14Cl2N2O3. The zero-order valence-electron chi connectivity index (χ0n) is 11.8. The lowest BCUT2D eigenvalue weighted by molar-refractivity contribution is 0.102. The number of nitrogens with one attached hydrogen (secondary N) is 1. The Morgan fingerprint density at radius 1 is 1.27 bits per heavy atom. The van der Waals surface area contributed by atoms with Crippen molar-refractivity contribution in [2.75, 3.05) is 25.6 Å². The van der Waals surface area contributed by atoms with Crippen molar-refractivity contribution in [3.63, 3.8) is 0 Å². The van der Waals surface area contributed by atoms with Gasteiger partial charge in [0.2, 0.25) is 0 Å². The third-order valence-corrected chi connectivity index (χ3v) is 3.24. The summed E-state index contributed by atoms with van der Waals surface area (Å²) in [5.74, 6) is -0.0158. The highest BCUT2D eigenvalue weighted by Gasteiger charge is 2.14. The van der Waals surface area contributed by atoms with Crippen LogP contribution in [0.2, 0.25) is 10.0 Å². The van der Waals surface area contributed by atoms with Gasteiger partial charge in [-0.15, -0.1) is 0 Å². The number of para-hydroxylation sites is 1. The maximum Gasteiger partial charge on any atom is 0.274 e. The third kappa shape index (κ3) is 4.34. The molecule has 0 radical (unpaired) electrons. The summed E-state index contributed by atoms with van der Waals surface area (Å²) in [4.78, 5) is 16.2. The molecule has 2 rings (SSSR count). The summed E-state index contributed by atoms with van der Waals surface area (Å²) in [6.07, 6.45) is 1.46. The van der Waals surface area contributed by atoms with Crippen molar-refractivity contribution in [1.29, 1.82) is 0 Å². The minimum atomic E-state index is -0.402. The van der Waals surface area contributed by atoms with Gasteiger partial charge in [0.05, 0.1) is 17.3 Å². The number of halogens is 2. The fourth-order valence-corrected chi connectivity index (χ4v) is 2.09. The van der Waals surface area contributed by atoms with Crippen LogP contribution in [0.25, 0.3) is 0 Å². The first-order valence-corrected chi connectivity index (χ1v) is 7.20. The van der Waals surface area contributed by atoms with Gasteiger partial charge in [0.1, 0.15) is 12.3 Å². The second-order valence-electron chi connectivity index (χ2n) is 4.27. The third-order valence-electron chi connectivity index (χ3n) is 2.70. The van der Waals surface area contributed by atoms with Crippen LogP contribution in [0.15, 0.2) is 36.5 Å². The first-order chi connectivity index (χ1) is 10.6. The highest BCUT2D eigenvalue weighted by Crippen LogP contribution is 2.33. The number of rotatable bonds is 6. The number of carbonyl (C=O) groups is 1. The van der Waals surface area contributed by atoms with Crippen LogP contribution in [0.1, 0.15) is 10.5 Å². The summed E-state index contributed by atoms with van der Waals surface area (Å²) in [6.45, 7) is 0.729. The maximum absolute atomic E-state index is 12.2. The molecule has 1 aromatic heterocycles. The number of anilines is 1. The fourth-order valence-electron chi connectivity index (χ4n) is 1.70.